The fraction of sp³-hybridized carbons (Fsp3) is 0.333. The first-order chi connectivity index (χ1) is 9.36. The number of carbonyl (C=O) groups is 2. The highest BCUT2D eigenvalue weighted by Gasteiger charge is 2.10. The number of hydrogen-bond acceptors (Lipinski definition) is 3. The van der Waals surface area contributed by atoms with Gasteiger partial charge in [-0.3, -0.25) is 4.79 Å². The molecule has 0 radical (unpaired) electrons. The third kappa shape index (κ3) is 3.85. The number of carboxylic acid groups (broad SMARTS) is 1. The summed E-state index contributed by atoms with van der Waals surface area (Å²) in [7, 11) is 0. The summed E-state index contributed by atoms with van der Waals surface area (Å²) in [6, 6.07) is 3.32. The van der Waals surface area contributed by atoms with Gasteiger partial charge in [-0.1, -0.05) is 6.92 Å². The topological polar surface area (TPSA) is 89.6 Å². The van der Waals surface area contributed by atoms with Gasteiger partial charge in [0.2, 0.25) is 5.91 Å². The van der Waals surface area contributed by atoms with E-state index in [1.165, 1.54) is 0 Å². The molecule has 0 saturated heterocycles. The number of hydrogen-bond donors (Lipinski definition) is 2. The van der Waals surface area contributed by atoms with Crippen LogP contribution in [0.5, 0.6) is 5.75 Å². The molecule has 108 valence electrons. The molecule has 0 spiro atoms. The van der Waals surface area contributed by atoms with Crippen LogP contribution in [0.2, 0.25) is 0 Å². The van der Waals surface area contributed by atoms with Crippen molar-refractivity contribution in [2.45, 2.75) is 27.2 Å². The Morgan fingerprint density at radius 2 is 1.85 bits per heavy atom. The van der Waals surface area contributed by atoms with Crippen LogP contribution in [0, 0.1) is 13.8 Å². The van der Waals surface area contributed by atoms with Crippen molar-refractivity contribution in [3.63, 3.8) is 0 Å². The molecule has 0 atom stereocenters. The summed E-state index contributed by atoms with van der Waals surface area (Å²) >= 11 is 0. The van der Waals surface area contributed by atoms with Gasteiger partial charge in [0.25, 0.3) is 0 Å². The quantitative estimate of drug-likeness (QED) is 0.780. The zero-order chi connectivity index (χ0) is 15.3. The Kier molecular flexibility index (Phi) is 5.32. The van der Waals surface area contributed by atoms with Crippen molar-refractivity contribution < 1.29 is 19.4 Å². The van der Waals surface area contributed by atoms with Crippen LogP contribution in [0.4, 0.5) is 0 Å². The SMILES string of the molecule is CCC(=CCOc1c(C)cc(C(N)=O)cc1C)C(=O)O. The second-order valence-corrected chi connectivity index (χ2v) is 4.50. The molecule has 1 aromatic rings. The number of primary amides is 1. The Bertz CT molecular complexity index is 538. The first-order valence-electron chi connectivity index (χ1n) is 6.33. The number of aliphatic carboxylic acids is 1. The number of benzene rings is 1. The lowest BCUT2D eigenvalue weighted by molar-refractivity contribution is -0.132. The minimum Gasteiger partial charge on any atom is -0.489 e. The first kappa shape index (κ1) is 15.8. The molecule has 3 N–H and O–H groups in total. The zero-order valence-corrected chi connectivity index (χ0v) is 11.9. The Morgan fingerprint density at radius 3 is 2.25 bits per heavy atom. The molecule has 1 amide bonds. The molecule has 0 aliphatic rings. The molecule has 0 unspecified atom stereocenters. The van der Waals surface area contributed by atoms with Crippen LogP contribution in [0.3, 0.4) is 0 Å². The van der Waals surface area contributed by atoms with Crippen molar-refractivity contribution in [1.29, 1.82) is 0 Å². The summed E-state index contributed by atoms with van der Waals surface area (Å²) in [5.74, 6) is -0.775. The number of ether oxygens (including phenoxy) is 1. The molecular formula is C15H19NO4. The molecule has 0 heterocycles. The lowest BCUT2D eigenvalue weighted by Gasteiger charge is -2.12. The van der Waals surface area contributed by atoms with Gasteiger partial charge in [-0.2, -0.15) is 0 Å². The molecule has 1 aromatic carbocycles. The van der Waals surface area contributed by atoms with E-state index in [2.05, 4.69) is 0 Å². The average Bonchev–Trinajstić information content (AvgIpc) is 2.36. The van der Waals surface area contributed by atoms with Crippen LogP contribution in [0.15, 0.2) is 23.8 Å². The van der Waals surface area contributed by atoms with E-state index in [9.17, 15) is 9.59 Å². The zero-order valence-electron chi connectivity index (χ0n) is 11.9. The van der Waals surface area contributed by atoms with E-state index in [4.69, 9.17) is 15.6 Å². The number of carboxylic acids is 1. The van der Waals surface area contributed by atoms with E-state index in [0.717, 1.165) is 11.1 Å². The number of carbonyl (C=O) groups excluding carboxylic acids is 1. The summed E-state index contributed by atoms with van der Waals surface area (Å²) in [6.07, 6.45) is 1.99. The van der Waals surface area contributed by atoms with E-state index in [0.29, 0.717) is 23.3 Å². The Hall–Kier alpha value is -2.30. The van der Waals surface area contributed by atoms with Crippen LogP contribution in [0.25, 0.3) is 0 Å². The molecule has 0 saturated carbocycles. The van der Waals surface area contributed by atoms with Gasteiger partial charge >= 0.3 is 5.97 Å². The largest absolute Gasteiger partial charge is 0.489 e. The lowest BCUT2D eigenvalue weighted by Crippen LogP contribution is -2.12. The van der Waals surface area contributed by atoms with Crippen LogP contribution < -0.4 is 10.5 Å². The van der Waals surface area contributed by atoms with Gasteiger partial charge in [0.05, 0.1) is 0 Å². The number of nitrogens with two attached hydrogens (primary N) is 1. The summed E-state index contributed by atoms with van der Waals surface area (Å²) in [4.78, 5) is 22.0. The van der Waals surface area contributed by atoms with Gasteiger partial charge in [-0.15, -0.1) is 0 Å². The normalized spacial score (nSPS) is 11.2. The Morgan fingerprint density at radius 1 is 1.30 bits per heavy atom. The minimum absolute atomic E-state index is 0.174. The lowest BCUT2D eigenvalue weighted by atomic mass is 10.1. The predicted molar refractivity (Wildman–Crippen MR) is 75.9 cm³/mol. The van der Waals surface area contributed by atoms with Crippen molar-refractivity contribution in [1.82, 2.24) is 0 Å². The fourth-order valence-electron chi connectivity index (χ4n) is 1.93. The molecule has 0 fully saturated rings. The Balaban J connectivity index is 2.89. The molecular weight excluding hydrogens is 258 g/mol. The van der Waals surface area contributed by atoms with Gasteiger partial charge in [0.1, 0.15) is 12.4 Å². The fourth-order valence-corrected chi connectivity index (χ4v) is 1.93. The molecule has 5 nitrogen and oxygen atoms in total. The molecule has 0 aliphatic carbocycles. The van der Waals surface area contributed by atoms with Gasteiger partial charge in [0.15, 0.2) is 0 Å². The van der Waals surface area contributed by atoms with Crippen LogP contribution in [0.1, 0.15) is 34.8 Å². The number of rotatable bonds is 6. The van der Waals surface area contributed by atoms with E-state index in [-0.39, 0.29) is 6.61 Å². The molecule has 0 aromatic heterocycles. The highest BCUT2D eigenvalue weighted by atomic mass is 16.5. The number of aryl methyl sites for hydroxylation is 2. The van der Waals surface area contributed by atoms with Gasteiger partial charge in [0, 0.05) is 11.1 Å². The maximum atomic E-state index is 11.1. The molecule has 20 heavy (non-hydrogen) atoms. The summed E-state index contributed by atoms with van der Waals surface area (Å²) in [5.41, 5.74) is 7.57. The summed E-state index contributed by atoms with van der Waals surface area (Å²) < 4.78 is 5.59. The highest BCUT2D eigenvalue weighted by molar-refractivity contribution is 5.93. The molecule has 0 aliphatic heterocycles. The van der Waals surface area contributed by atoms with E-state index in [1.54, 1.807) is 25.1 Å². The minimum atomic E-state index is -0.936. The monoisotopic (exact) mass is 277 g/mol. The van der Waals surface area contributed by atoms with Crippen molar-refractivity contribution in [2.75, 3.05) is 6.61 Å². The second-order valence-electron chi connectivity index (χ2n) is 4.50. The van der Waals surface area contributed by atoms with E-state index in [1.807, 2.05) is 13.8 Å². The van der Waals surface area contributed by atoms with Crippen LogP contribution in [-0.2, 0) is 4.79 Å². The smallest absolute Gasteiger partial charge is 0.331 e. The highest BCUT2D eigenvalue weighted by Crippen LogP contribution is 2.24. The van der Waals surface area contributed by atoms with E-state index >= 15 is 0 Å². The van der Waals surface area contributed by atoms with Gasteiger partial charge < -0.3 is 15.6 Å². The Labute approximate surface area is 118 Å². The van der Waals surface area contributed by atoms with Crippen molar-refractivity contribution in [2.24, 2.45) is 5.73 Å². The molecule has 1 rings (SSSR count). The standard InChI is InChI=1S/C15H19NO4/c1-4-11(15(18)19)5-6-20-13-9(2)7-12(14(16)17)8-10(13)3/h5,7-8H,4,6H2,1-3H3,(H2,16,17)(H,18,19). The maximum absolute atomic E-state index is 11.1. The van der Waals surface area contributed by atoms with Crippen molar-refractivity contribution in [3.05, 3.63) is 40.5 Å². The molecule has 5 heteroatoms. The second kappa shape index (κ2) is 6.75. The summed E-state index contributed by atoms with van der Waals surface area (Å²) in [5, 5.41) is 8.90. The van der Waals surface area contributed by atoms with Crippen molar-refractivity contribution >= 4 is 11.9 Å². The average molecular weight is 277 g/mol. The van der Waals surface area contributed by atoms with Gasteiger partial charge in [-0.05, 0) is 49.6 Å². The maximum Gasteiger partial charge on any atom is 0.331 e. The van der Waals surface area contributed by atoms with Crippen LogP contribution >= 0.6 is 0 Å². The predicted octanol–water partition coefficient (Wildman–Crippen LogP) is 2.20. The van der Waals surface area contributed by atoms with Gasteiger partial charge in [-0.25, -0.2) is 4.79 Å². The van der Waals surface area contributed by atoms with Crippen LogP contribution in [-0.4, -0.2) is 23.6 Å². The van der Waals surface area contributed by atoms with E-state index < -0.39 is 11.9 Å². The third-order valence-electron chi connectivity index (χ3n) is 2.96. The molecule has 0 bridgehead atoms. The first-order valence-corrected chi connectivity index (χ1v) is 6.33. The summed E-state index contributed by atoms with van der Waals surface area (Å²) in [6.45, 7) is 5.58. The third-order valence-corrected chi connectivity index (χ3v) is 2.96. The number of amides is 1. The van der Waals surface area contributed by atoms with Crippen molar-refractivity contribution in [3.8, 4) is 5.75 Å².